The molecule has 2 N–H and O–H groups in total. The molecule has 2 rings (SSSR count). The third-order valence-electron chi connectivity index (χ3n) is 5.47. The number of hydrogen-bond donors (Lipinski definition) is 2. The Morgan fingerprint density at radius 3 is 2.60 bits per heavy atom. The van der Waals surface area contributed by atoms with Gasteiger partial charge in [0, 0.05) is 52.9 Å². The topological polar surface area (TPSA) is 61.4 Å². The molecule has 1 aromatic carbocycles. The van der Waals surface area contributed by atoms with Gasteiger partial charge in [0.05, 0.1) is 13.7 Å². The van der Waals surface area contributed by atoms with E-state index in [-0.39, 0.29) is 0 Å². The first-order valence-corrected chi connectivity index (χ1v) is 11.2. The van der Waals surface area contributed by atoms with E-state index in [1.807, 2.05) is 20.0 Å². The monoisotopic (exact) mass is 419 g/mol. The second kappa shape index (κ2) is 13.3. The molecule has 0 saturated carbocycles. The first-order valence-electron chi connectivity index (χ1n) is 11.2. The highest BCUT2D eigenvalue weighted by molar-refractivity contribution is 5.79. The van der Waals surface area contributed by atoms with Gasteiger partial charge in [-0.15, -0.1) is 0 Å². The van der Waals surface area contributed by atoms with E-state index in [4.69, 9.17) is 9.47 Å². The molecule has 0 aliphatic carbocycles. The Morgan fingerprint density at radius 1 is 1.17 bits per heavy atom. The summed E-state index contributed by atoms with van der Waals surface area (Å²) in [5, 5.41) is 6.90. The van der Waals surface area contributed by atoms with E-state index in [0.717, 1.165) is 49.9 Å². The van der Waals surface area contributed by atoms with Crippen molar-refractivity contribution in [2.75, 3.05) is 73.6 Å². The fraction of sp³-hybridized carbons (Fsp3) is 0.696. The lowest BCUT2D eigenvalue weighted by Crippen LogP contribution is -2.47. The quantitative estimate of drug-likeness (QED) is 0.325. The molecule has 0 bridgehead atoms. The van der Waals surface area contributed by atoms with Crippen LogP contribution in [0.3, 0.4) is 0 Å². The van der Waals surface area contributed by atoms with Crippen LogP contribution in [0.25, 0.3) is 0 Å². The first kappa shape index (κ1) is 24.3. The second-order valence-corrected chi connectivity index (χ2v) is 8.11. The predicted octanol–water partition coefficient (Wildman–Crippen LogP) is 2.08. The molecule has 30 heavy (non-hydrogen) atoms. The van der Waals surface area contributed by atoms with Gasteiger partial charge in [0.25, 0.3) is 0 Å². The number of benzene rings is 1. The van der Waals surface area contributed by atoms with Crippen LogP contribution in [-0.2, 0) is 6.42 Å². The Hall–Kier alpha value is -1.99. The fourth-order valence-electron chi connectivity index (χ4n) is 3.67. The molecule has 1 aromatic rings. The van der Waals surface area contributed by atoms with Crippen LogP contribution in [0.1, 0.15) is 25.8 Å². The zero-order chi connectivity index (χ0) is 21.8. The van der Waals surface area contributed by atoms with Crippen molar-refractivity contribution in [3.63, 3.8) is 0 Å². The summed E-state index contributed by atoms with van der Waals surface area (Å²) >= 11 is 0. The van der Waals surface area contributed by atoms with Crippen LogP contribution in [0, 0.1) is 5.92 Å². The van der Waals surface area contributed by atoms with E-state index in [2.05, 4.69) is 51.5 Å². The molecule has 1 aliphatic heterocycles. The lowest BCUT2D eigenvalue weighted by molar-refractivity contribution is 0.139. The van der Waals surface area contributed by atoms with Gasteiger partial charge in [-0.25, -0.2) is 0 Å². The molecular formula is C23H41N5O2. The zero-order valence-corrected chi connectivity index (χ0v) is 19.5. The number of aliphatic imine (C=N–C) groups is 1. The summed E-state index contributed by atoms with van der Waals surface area (Å²) in [7, 11) is 5.70. The van der Waals surface area contributed by atoms with Crippen molar-refractivity contribution >= 4 is 5.96 Å². The largest absolute Gasteiger partial charge is 0.493 e. The lowest BCUT2D eigenvalue weighted by Gasteiger charge is -2.34. The highest BCUT2D eigenvalue weighted by Crippen LogP contribution is 2.28. The highest BCUT2D eigenvalue weighted by Gasteiger charge is 2.16. The van der Waals surface area contributed by atoms with Gasteiger partial charge in [-0.3, -0.25) is 4.99 Å². The Morgan fingerprint density at radius 2 is 1.93 bits per heavy atom. The van der Waals surface area contributed by atoms with E-state index >= 15 is 0 Å². The number of hydrogen-bond acceptors (Lipinski definition) is 5. The average molecular weight is 420 g/mol. The smallest absolute Gasteiger partial charge is 0.190 e. The summed E-state index contributed by atoms with van der Waals surface area (Å²) < 4.78 is 11.0. The first-order chi connectivity index (χ1) is 14.5. The van der Waals surface area contributed by atoms with Crippen molar-refractivity contribution in [2.24, 2.45) is 10.9 Å². The van der Waals surface area contributed by atoms with Crippen LogP contribution < -0.4 is 20.1 Å². The molecule has 170 valence electrons. The summed E-state index contributed by atoms with van der Waals surface area (Å²) in [6, 6.07) is 6.17. The van der Waals surface area contributed by atoms with Crippen LogP contribution in [0.5, 0.6) is 11.5 Å². The van der Waals surface area contributed by atoms with Crippen LogP contribution in [0.4, 0.5) is 0 Å². The molecule has 1 saturated heterocycles. The molecule has 1 atom stereocenters. The van der Waals surface area contributed by atoms with Crippen molar-refractivity contribution in [1.29, 1.82) is 0 Å². The lowest BCUT2D eigenvalue weighted by atomic mass is 10.1. The molecule has 0 radical (unpaired) electrons. The van der Waals surface area contributed by atoms with Gasteiger partial charge in [-0.1, -0.05) is 13.0 Å². The normalized spacial score (nSPS) is 16.9. The number of likely N-dealkylation sites (N-methyl/N-ethyl adjacent to an activating group) is 1. The molecule has 1 unspecified atom stereocenters. The van der Waals surface area contributed by atoms with E-state index in [0.29, 0.717) is 12.5 Å². The minimum absolute atomic E-state index is 0.586. The van der Waals surface area contributed by atoms with Gasteiger partial charge < -0.3 is 29.9 Å². The molecule has 1 fully saturated rings. The van der Waals surface area contributed by atoms with Crippen molar-refractivity contribution in [2.45, 2.75) is 26.7 Å². The van der Waals surface area contributed by atoms with Gasteiger partial charge in [0.2, 0.25) is 0 Å². The van der Waals surface area contributed by atoms with Crippen LogP contribution in [0.15, 0.2) is 23.2 Å². The molecule has 7 nitrogen and oxygen atoms in total. The number of nitrogens with one attached hydrogen (secondary N) is 2. The van der Waals surface area contributed by atoms with Gasteiger partial charge in [-0.05, 0) is 50.4 Å². The Labute approximate surface area is 182 Å². The zero-order valence-electron chi connectivity index (χ0n) is 19.5. The summed E-state index contributed by atoms with van der Waals surface area (Å²) in [4.78, 5) is 9.32. The number of guanidine groups is 1. The van der Waals surface area contributed by atoms with Crippen LogP contribution in [-0.4, -0.2) is 89.4 Å². The number of rotatable bonds is 11. The van der Waals surface area contributed by atoms with Crippen molar-refractivity contribution < 1.29 is 9.47 Å². The summed E-state index contributed by atoms with van der Waals surface area (Å²) in [6.45, 7) is 12.6. The van der Waals surface area contributed by atoms with E-state index in [1.54, 1.807) is 7.11 Å². The molecular weight excluding hydrogens is 378 g/mol. The maximum Gasteiger partial charge on any atom is 0.190 e. The maximum atomic E-state index is 5.67. The Kier molecular flexibility index (Phi) is 10.8. The third kappa shape index (κ3) is 8.40. The molecule has 0 amide bonds. The molecule has 0 aromatic heterocycles. The molecule has 1 heterocycles. The summed E-state index contributed by atoms with van der Waals surface area (Å²) in [5.41, 5.74) is 1.25. The average Bonchev–Trinajstić information content (AvgIpc) is 2.75. The van der Waals surface area contributed by atoms with E-state index in [1.165, 1.54) is 31.7 Å². The summed E-state index contributed by atoms with van der Waals surface area (Å²) in [6.07, 6.45) is 2.00. The van der Waals surface area contributed by atoms with E-state index < -0.39 is 0 Å². The Bertz CT molecular complexity index is 644. The fourth-order valence-corrected chi connectivity index (χ4v) is 3.67. The molecule has 1 aliphatic rings. The van der Waals surface area contributed by atoms with Crippen LogP contribution in [0.2, 0.25) is 0 Å². The Balaban J connectivity index is 1.66. The number of aryl methyl sites for hydroxylation is 1. The standard InChI is InChI=1S/C23H41N5O2/c1-6-30-22-16-20(9-10-21(22)29-5)8-7-11-25-23(24-3)26-17-19(2)18-28-14-12-27(4)13-15-28/h9-10,16,19H,6-8,11-15,17-18H2,1-5H3,(H2,24,25,26). The SMILES string of the molecule is CCOc1cc(CCCNC(=NC)NCC(C)CN2CCN(C)CC2)ccc1OC. The van der Waals surface area contributed by atoms with Crippen molar-refractivity contribution in [3.05, 3.63) is 23.8 Å². The molecule has 7 heteroatoms. The van der Waals surface area contributed by atoms with Crippen LogP contribution >= 0.6 is 0 Å². The van der Waals surface area contributed by atoms with Gasteiger partial charge in [-0.2, -0.15) is 0 Å². The number of methoxy groups -OCH3 is 1. The van der Waals surface area contributed by atoms with Crippen molar-refractivity contribution in [1.82, 2.24) is 20.4 Å². The number of nitrogens with zero attached hydrogens (tertiary/aromatic N) is 3. The van der Waals surface area contributed by atoms with E-state index in [9.17, 15) is 0 Å². The minimum Gasteiger partial charge on any atom is -0.493 e. The molecule has 0 spiro atoms. The third-order valence-corrected chi connectivity index (χ3v) is 5.47. The predicted molar refractivity (Wildman–Crippen MR) is 125 cm³/mol. The van der Waals surface area contributed by atoms with Crippen molar-refractivity contribution in [3.8, 4) is 11.5 Å². The van der Waals surface area contributed by atoms with Gasteiger partial charge in [0.15, 0.2) is 17.5 Å². The number of piperazine rings is 1. The summed E-state index contributed by atoms with van der Waals surface area (Å²) in [5.74, 6) is 3.07. The highest BCUT2D eigenvalue weighted by atomic mass is 16.5. The van der Waals surface area contributed by atoms with Gasteiger partial charge in [0.1, 0.15) is 0 Å². The van der Waals surface area contributed by atoms with Gasteiger partial charge >= 0.3 is 0 Å². The second-order valence-electron chi connectivity index (χ2n) is 8.11. The number of ether oxygens (including phenoxy) is 2. The minimum atomic E-state index is 0.586. The maximum absolute atomic E-state index is 5.67.